The Hall–Kier alpha value is -4.13. The molecular formula is C37H52N2O5. The van der Waals surface area contributed by atoms with E-state index in [2.05, 4.69) is 78.3 Å². The van der Waals surface area contributed by atoms with Crippen molar-refractivity contribution < 1.29 is 24.6 Å². The molecule has 0 bridgehead atoms. The van der Waals surface area contributed by atoms with Crippen LogP contribution < -0.4 is 10.6 Å². The smallest absolute Gasteiger partial charge is 0.339 e. The molecule has 1 aromatic rings. The number of rotatable bonds is 21. The molecular weight excluding hydrogens is 552 g/mol. The van der Waals surface area contributed by atoms with Gasteiger partial charge in [-0.2, -0.15) is 0 Å². The van der Waals surface area contributed by atoms with Crippen molar-refractivity contribution in [3.05, 3.63) is 96.7 Å². The number of amides is 2. The highest BCUT2D eigenvalue weighted by Crippen LogP contribution is 2.22. The van der Waals surface area contributed by atoms with Crippen molar-refractivity contribution in [1.82, 2.24) is 5.32 Å². The summed E-state index contributed by atoms with van der Waals surface area (Å²) in [7, 11) is 0. The van der Waals surface area contributed by atoms with Crippen molar-refractivity contribution >= 4 is 23.5 Å². The van der Waals surface area contributed by atoms with Gasteiger partial charge in [0.1, 0.15) is 17.4 Å². The molecule has 2 amide bonds. The number of anilines is 1. The molecule has 0 saturated heterocycles. The van der Waals surface area contributed by atoms with Gasteiger partial charge < -0.3 is 20.8 Å². The molecule has 2 atom stereocenters. The fourth-order valence-corrected chi connectivity index (χ4v) is 4.25. The van der Waals surface area contributed by atoms with Crippen LogP contribution in [0.25, 0.3) is 0 Å². The summed E-state index contributed by atoms with van der Waals surface area (Å²) >= 11 is 0. The number of allylic oxidation sites excluding steroid dienone is 12. The van der Waals surface area contributed by atoms with E-state index < -0.39 is 17.9 Å². The molecule has 2 unspecified atom stereocenters. The standard InChI is InChI=1S/C37H52N2O5/c1-5-7-8-9-10-11-12-13-14-15-16-17-18-19-20-21-22-23-24-30(6-2)35(41)39-33(27-29(3)4)36(42)38-31-25-26-34(40)32(28-31)37(43)44/h7-8,10-11,13-14,16-17,19-20,22-23,25-26,28-30,33,40H,5-6,9,12,15,18,21,24,27H2,1-4H3,(H,38,42)(H,39,41)(H,43,44)/b8-7-,11-10-,14-13-,17-16-,20-19-,23-22-. The topological polar surface area (TPSA) is 116 Å². The van der Waals surface area contributed by atoms with E-state index in [0.29, 0.717) is 19.3 Å². The molecule has 0 aliphatic rings. The Morgan fingerprint density at radius 2 is 1.25 bits per heavy atom. The first kappa shape index (κ1) is 37.9. The molecule has 0 spiro atoms. The summed E-state index contributed by atoms with van der Waals surface area (Å²) in [5.74, 6) is -2.44. The quantitative estimate of drug-likeness (QED) is 0.0828. The van der Waals surface area contributed by atoms with Gasteiger partial charge in [0.15, 0.2) is 0 Å². The van der Waals surface area contributed by atoms with Crippen LogP contribution in [0.5, 0.6) is 5.75 Å². The van der Waals surface area contributed by atoms with Crippen LogP contribution >= 0.6 is 0 Å². The lowest BCUT2D eigenvalue weighted by Gasteiger charge is -2.23. The molecule has 0 fully saturated rings. The van der Waals surface area contributed by atoms with Crippen molar-refractivity contribution in [3.63, 3.8) is 0 Å². The van der Waals surface area contributed by atoms with Crippen LogP contribution in [0.15, 0.2) is 91.1 Å². The highest BCUT2D eigenvalue weighted by Gasteiger charge is 2.25. The van der Waals surface area contributed by atoms with E-state index in [-0.39, 0.29) is 34.7 Å². The Labute approximate surface area is 264 Å². The fourth-order valence-electron chi connectivity index (χ4n) is 4.25. The predicted molar refractivity (Wildman–Crippen MR) is 182 cm³/mol. The average molecular weight is 605 g/mol. The number of carboxylic acids is 1. The Balaban J connectivity index is 2.48. The summed E-state index contributed by atoms with van der Waals surface area (Å²) in [6.45, 7) is 8.01. The Morgan fingerprint density at radius 1 is 0.750 bits per heavy atom. The van der Waals surface area contributed by atoms with Crippen molar-refractivity contribution in [2.45, 2.75) is 91.5 Å². The van der Waals surface area contributed by atoms with Crippen LogP contribution in [0, 0.1) is 11.8 Å². The summed E-state index contributed by atoms with van der Waals surface area (Å²) in [4.78, 5) is 37.4. The van der Waals surface area contributed by atoms with E-state index >= 15 is 0 Å². The SMILES string of the molecule is CC/C=C\C/C=C\C/C=C\C/C=C\C/C=C\C/C=C\CC(CC)C(=O)NC(CC(C)C)C(=O)Nc1ccc(O)c(C(=O)O)c1. The lowest BCUT2D eigenvalue weighted by molar-refractivity contribution is -0.129. The molecule has 1 rings (SSSR count). The van der Waals surface area contributed by atoms with E-state index in [1.54, 1.807) is 0 Å². The number of phenols is 1. The van der Waals surface area contributed by atoms with Gasteiger partial charge in [-0.05, 0) is 81.9 Å². The van der Waals surface area contributed by atoms with Crippen molar-refractivity contribution in [2.75, 3.05) is 5.32 Å². The monoisotopic (exact) mass is 604 g/mol. The van der Waals surface area contributed by atoms with Crippen LogP contribution in [0.2, 0.25) is 0 Å². The van der Waals surface area contributed by atoms with Crippen LogP contribution in [-0.4, -0.2) is 34.0 Å². The highest BCUT2D eigenvalue weighted by atomic mass is 16.4. The van der Waals surface area contributed by atoms with Crippen molar-refractivity contribution in [1.29, 1.82) is 0 Å². The van der Waals surface area contributed by atoms with Crippen LogP contribution in [0.4, 0.5) is 5.69 Å². The molecule has 1 aromatic carbocycles. The summed E-state index contributed by atoms with van der Waals surface area (Å²) in [6, 6.07) is 3.06. The normalized spacial score (nSPS) is 13.8. The number of hydrogen-bond acceptors (Lipinski definition) is 4. The number of carboxylic acid groups (broad SMARTS) is 1. The molecule has 0 saturated carbocycles. The zero-order valence-corrected chi connectivity index (χ0v) is 26.9. The van der Waals surface area contributed by atoms with Gasteiger partial charge in [-0.25, -0.2) is 4.79 Å². The Bertz CT molecular complexity index is 1190. The van der Waals surface area contributed by atoms with E-state index in [0.717, 1.165) is 38.5 Å². The number of aromatic hydroxyl groups is 1. The molecule has 0 aromatic heterocycles. The molecule has 0 aliphatic carbocycles. The number of aromatic carboxylic acids is 1. The minimum absolute atomic E-state index is 0.142. The molecule has 7 nitrogen and oxygen atoms in total. The second-order valence-electron chi connectivity index (χ2n) is 11.0. The molecule has 0 radical (unpaired) electrons. The van der Waals surface area contributed by atoms with Gasteiger partial charge in [0.2, 0.25) is 11.8 Å². The number of nitrogens with one attached hydrogen (secondary N) is 2. The number of carbonyl (C=O) groups is 3. The number of benzene rings is 1. The summed E-state index contributed by atoms with van der Waals surface area (Å²) in [5, 5.41) is 24.5. The van der Waals surface area contributed by atoms with Gasteiger partial charge >= 0.3 is 5.97 Å². The lowest BCUT2D eigenvalue weighted by atomic mass is 9.98. The minimum atomic E-state index is -1.30. The van der Waals surface area contributed by atoms with Gasteiger partial charge in [-0.15, -0.1) is 0 Å². The van der Waals surface area contributed by atoms with Crippen LogP contribution in [-0.2, 0) is 9.59 Å². The first-order valence-corrected chi connectivity index (χ1v) is 15.8. The van der Waals surface area contributed by atoms with Gasteiger partial charge in [0.25, 0.3) is 0 Å². The second-order valence-corrected chi connectivity index (χ2v) is 11.0. The van der Waals surface area contributed by atoms with Crippen molar-refractivity contribution in [3.8, 4) is 5.75 Å². The maximum Gasteiger partial charge on any atom is 0.339 e. The molecule has 7 heteroatoms. The van der Waals surface area contributed by atoms with Crippen LogP contribution in [0.1, 0.15) is 95.8 Å². The van der Waals surface area contributed by atoms with E-state index in [9.17, 15) is 24.6 Å². The van der Waals surface area contributed by atoms with E-state index in [1.807, 2.05) is 32.9 Å². The van der Waals surface area contributed by atoms with E-state index in [1.165, 1.54) is 18.2 Å². The third kappa shape index (κ3) is 17.1. The van der Waals surface area contributed by atoms with Crippen molar-refractivity contribution in [2.24, 2.45) is 11.8 Å². The zero-order valence-electron chi connectivity index (χ0n) is 26.9. The third-order valence-corrected chi connectivity index (χ3v) is 6.72. The maximum atomic E-state index is 13.1. The summed E-state index contributed by atoms with van der Waals surface area (Å²) in [5.41, 5.74) is -0.0760. The predicted octanol–water partition coefficient (Wildman–Crippen LogP) is 8.67. The third-order valence-electron chi connectivity index (χ3n) is 6.72. The summed E-state index contributed by atoms with van der Waals surface area (Å²) < 4.78 is 0. The number of carbonyl (C=O) groups excluding carboxylic acids is 2. The highest BCUT2D eigenvalue weighted by molar-refractivity contribution is 5.99. The first-order chi connectivity index (χ1) is 21.2. The van der Waals surface area contributed by atoms with Gasteiger partial charge in [-0.1, -0.05) is 101 Å². The maximum absolute atomic E-state index is 13.1. The van der Waals surface area contributed by atoms with Crippen LogP contribution in [0.3, 0.4) is 0 Å². The molecule has 240 valence electrons. The lowest BCUT2D eigenvalue weighted by Crippen LogP contribution is -2.46. The summed E-state index contributed by atoms with van der Waals surface area (Å²) in [6.07, 6.45) is 33.0. The van der Waals surface area contributed by atoms with Gasteiger partial charge in [-0.3, -0.25) is 9.59 Å². The minimum Gasteiger partial charge on any atom is -0.507 e. The zero-order chi connectivity index (χ0) is 32.6. The molecule has 44 heavy (non-hydrogen) atoms. The van der Waals surface area contributed by atoms with Gasteiger partial charge in [0.05, 0.1) is 0 Å². The molecule has 4 N–H and O–H groups in total. The largest absolute Gasteiger partial charge is 0.507 e. The molecule has 0 aliphatic heterocycles. The number of hydrogen-bond donors (Lipinski definition) is 4. The Kier molecular flexibility index (Phi) is 20.1. The van der Waals surface area contributed by atoms with E-state index in [4.69, 9.17) is 0 Å². The molecule has 0 heterocycles. The second kappa shape index (κ2) is 23.3. The fraction of sp³-hybridized carbons (Fsp3) is 0.432. The first-order valence-electron chi connectivity index (χ1n) is 15.8. The van der Waals surface area contributed by atoms with Gasteiger partial charge in [0, 0.05) is 11.6 Å². The average Bonchev–Trinajstić information content (AvgIpc) is 2.98. The Morgan fingerprint density at radius 3 is 1.70 bits per heavy atom.